The van der Waals surface area contributed by atoms with Crippen LogP contribution in [0.25, 0.3) is 0 Å². The van der Waals surface area contributed by atoms with Gasteiger partial charge in [0.1, 0.15) is 5.69 Å². The average molecular weight is 475 g/mol. The quantitative estimate of drug-likeness (QED) is 0.571. The molecule has 2 aromatic rings. The molecule has 3 amide bonds. The lowest BCUT2D eigenvalue weighted by Gasteiger charge is -2.20. The van der Waals surface area contributed by atoms with Gasteiger partial charge in [-0.1, -0.05) is 32.9 Å². The Morgan fingerprint density at radius 2 is 1.85 bits per heavy atom. The van der Waals surface area contributed by atoms with Crippen molar-refractivity contribution >= 4 is 23.8 Å². The molecule has 9 heteroatoms. The van der Waals surface area contributed by atoms with E-state index in [1.165, 1.54) is 13.1 Å². The lowest BCUT2D eigenvalue weighted by Crippen LogP contribution is -2.26. The highest BCUT2D eigenvalue weighted by molar-refractivity contribution is 5.99. The molecule has 0 fully saturated rings. The van der Waals surface area contributed by atoms with E-state index in [4.69, 9.17) is 0 Å². The highest BCUT2D eigenvalue weighted by Crippen LogP contribution is 2.38. The van der Waals surface area contributed by atoms with E-state index < -0.39 is 17.9 Å². The van der Waals surface area contributed by atoms with Crippen LogP contribution in [-0.4, -0.2) is 29.7 Å². The van der Waals surface area contributed by atoms with Crippen molar-refractivity contribution in [2.45, 2.75) is 65.5 Å². The van der Waals surface area contributed by atoms with Crippen molar-refractivity contribution in [3.63, 3.8) is 0 Å². The maximum atomic E-state index is 13.4. The number of aromatic nitrogens is 1. The normalized spacial score (nSPS) is 13.8. The van der Waals surface area contributed by atoms with Crippen LogP contribution in [0.3, 0.4) is 0 Å². The third-order valence-electron chi connectivity index (χ3n) is 5.87. The Hall–Kier alpha value is -3.23. The van der Waals surface area contributed by atoms with Crippen molar-refractivity contribution in [1.29, 1.82) is 0 Å². The molecule has 3 rings (SSSR count). The molecule has 0 bridgehead atoms. The van der Waals surface area contributed by atoms with E-state index in [-0.39, 0.29) is 29.1 Å². The van der Waals surface area contributed by atoms with Crippen LogP contribution in [0.15, 0.2) is 23.2 Å². The summed E-state index contributed by atoms with van der Waals surface area (Å²) in [7, 11) is 0. The number of halogens is 3. The number of amides is 3. The Kier molecular flexibility index (Phi) is 7.14. The van der Waals surface area contributed by atoms with Gasteiger partial charge in [-0.2, -0.15) is 13.2 Å². The highest BCUT2D eigenvalue weighted by Gasteiger charge is 2.37. The van der Waals surface area contributed by atoms with Crippen LogP contribution in [0.2, 0.25) is 0 Å². The van der Waals surface area contributed by atoms with Gasteiger partial charge < -0.3 is 10.6 Å². The van der Waals surface area contributed by atoms with Gasteiger partial charge in [0, 0.05) is 23.0 Å². The molecule has 1 aliphatic rings. The summed E-state index contributed by atoms with van der Waals surface area (Å²) in [5, 5.41) is 5.16. The molecule has 0 unspecified atom stereocenters. The highest BCUT2D eigenvalue weighted by atomic mass is 19.4. The zero-order valence-electron chi connectivity index (χ0n) is 20.0. The SMILES string of the molecule is Cc1cc(C(C)(C)C)ccc1C(=O)NCC=NC(=O)Nc1c(C)c(C(F)(F)F)nc2c1CCC2. The standard InChI is InChI=1S/C25H29F3N4O2/c1-14-13-16(24(3,4)5)9-10-17(14)22(33)29-11-12-30-23(34)32-20-15(2)21(25(26,27)28)31-19-8-6-7-18(19)20/h9-10,12-13H,6-8,11H2,1-5H3,(H,29,33)(H,31,32,34). The molecule has 6 nitrogen and oxygen atoms in total. The van der Waals surface area contributed by atoms with Crippen molar-refractivity contribution in [2.75, 3.05) is 11.9 Å². The number of benzene rings is 1. The lowest BCUT2D eigenvalue weighted by molar-refractivity contribution is -0.141. The third kappa shape index (κ3) is 5.63. The van der Waals surface area contributed by atoms with Crippen molar-refractivity contribution in [1.82, 2.24) is 10.3 Å². The van der Waals surface area contributed by atoms with E-state index in [2.05, 4.69) is 41.4 Å². The number of anilines is 1. The van der Waals surface area contributed by atoms with Crippen molar-refractivity contribution in [3.8, 4) is 0 Å². The maximum Gasteiger partial charge on any atom is 0.433 e. The number of aryl methyl sites for hydroxylation is 2. The van der Waals surface area contributed by atoms with Crippen LogP contribution in [0.1, 0.15) is 71.2 Å². The fourth-order valence-corrected chi connectivity index (χ4v) is 4.02. The molecular formula is C25H29F3N4O2. The molecule has 182 valence electrons. The fraction of sp³-hybridized carbons (Fsp3) is 0.440. The Balaban J connectivity index is 1.65. The lowest BCUT2D eigenvalue weighted by atomic mass is 9.85. The zero-order chi connectivity index (χ0) is 25.3. The van der Waals surface area contributed by atoms with Crippen LogP contribution in [-0.2, 0) is 24.4 Å². The van der Waals surface area contributed by atoms with Crippen molar-refractivity contribution < 1.29 is 22.8 Å². The molecule has 34 heavy (non-hydrogen) atoms. The molecular weight excluding hydrogens is 445 g/mol. The first kappa shape index (κ1) is 25.4. The van der Waals surface area contributed by atoms with E-state index >= 15 is 0 Å². The van der Waals surface area contributed by atoms with Crippen LogP contribution in [0.4, 0.5) is 23.7 Å². The molecule has 1 aromatic heterocycles. The Morgan fingerprint density at radius 1 is 1.15 bits per heavy atom. The summed E-state index contributed by atoms with van der Waals surface area (Å²) in [6.07, 6.45) is -1.74. The number of pyridine rings is 1. The number of carbonyl (C=O) groups is 2. The van der Waals surface area contributed by atoms with Gasteiger partial charge in [-0.25, -0.2) is 14.8 Å². The van der Waals surface area contributed by atoms with Gasteiger partial charge in [-0.05, 0) is 61.3 Å². The van der Waals surface area contributed by atoms with E-state index in [1.54, 1.807) is 6.07 Å². The number of aliphatic imine (C=N–C) groups is 1. The number of urea groups is 1. The number of nitrogens with zero attached hydrogens (tertiary/aromatic N) is 2. The van der Waals surface area contributed by atoms with Gasteiger partial charge in [0.15, 0.2) is 0 Å². The largest absolute Gasteiger partial charge is 0.433 e. The van der Waals surface area contributed by atoms with Crippen LogP contribution in [0.5, 0.6) is 0 Å². The molecule has 2 N–H and O–H groups in total. The van der Waals surface area contributed by atoms with Gasteiger partial charge in [0.05, 0.1) is 12.2 Å². The number of alkyl halides is 3. The summed E-state index contributed by atoms with van der Waals surface area (Å²) < 4.78 is 40.1. The topological polar surface area (TPSA) is 83.5 Å². The summed E-state index contributed by atoms with van der Waals surface area (Å²) in [6.45, 7) is 9.42. The second-order valence-corrected chi connectivity index (χ2v) is 9.47. The molecule has 0 atom stereocenters. The number of hydrogen-bond acceptors (Lipinski definition) is 3. The Morgan fingerprint density at radius 3 is 2.47 bits per heavy atom. The van der Waals surface area contributed by atoms with E-state index in [0.29, 0.717) is 36.1 Å². The molecule has 0 saturated carbocycles. The zero-order valence-corrected chi connectivity index (χ0v) is 20.0. The number of hydrogen-bond donors (Lipinski definition) is 2. The van der Waals surface area contributed by atoms with Gasteiger partial charge in [0.25, 0.3) is 5.91 Å². The monoisotopic (exact) mass is 474 g/mol. The number of rotatable bonds is 4. The molecule has 1 aliphatic carbocycles. The number of carbonyl (C=O) groups excluding carboxylic acids is 2. The van der Waals surface area contributed by atoms with Gasteiger partial charge in [-0.3, -0.25) is 4.79 Å². The summed E-state index contributed by atoms with van der Waals surface area (Å²) in [5.41, 5.74) is 2.42. The van der Waals surface area contributed by atoms with E-state index in [9.17, 15) is 22.8 Å². The minimum atomic E-state index is -4.61. The van der Waals surface area contributed by atoms with Gasteiger partial charge in [-0.15, -0.1) is 0 Å². The summed E-state index contributed by atoms with van der Waals surface area (Å²) in [5.74, 6) is -0.303. The van der Waals surface area contributed by atoms with Crippen LogP contribution < -0.4 is 10.6 Å². The fourth-order valence-electron chi connectivity index (χ4n) is 4.02. The summed E-state index contributed by atoms with van der Waals surface area (Å²) in [6, 6.07) is 4.84. The maximum absolute atomic E-state index is 13.4. The van der Waals surface area contributed by atoms with Crippen LogP contribution in [0, 0.1) is 13.8 Å². The summed E-state index contributed by atoms with van der Waals surface area (Å²) in [4.78, 5) is 32.3. The first-order chi connectivity index (χ1) is 15.8. The molecule has 0 radical (unpaired) electrons. The second-order valence-electron chi connectivity index (χ2n) is 9.47. The molecule has 1 heterocycles. The average Bonchev–Trinajstić information content (AvgIpc) is 3.20. The third-order valence-corrected chi connectivity index (χ3v) is 5.87. The van der Waals surface area contributed by atoms with Crippen molar-refractivity contribution in [3.05, 3.63) is 57.4 Å². The minimum absolute atomic E-state index is 0.00600. The van der Waals surface area contributed by atoms with E-state index in [1.807, 2.05) is 19.1 Å². The minimum Gasteiger partial charge on any atom is -0.347 e. The molecule has 0 spiro atoms. The first-order valence-electron chi connectivity index (χ1n) is 11.1. The number of fused-ring (bicyclic) bond motifs is 1. The van der Waals surface area contributed by atoms with Gasteiger partial charge in [0.2, 0.25) is 0 Å². The van der Waals surface area contributed by atoms with Gasteiger partial charge >= 0.3 is 12.2 Å². The molecule has 0 saturated heterocycles. The second kappa shape index (κ2) is 9.56. The molecule has 0 aliphatic heterocycles. The number of nitrogens with one attached hydrogen (secondary N) is 2. The first-order valence-corrected chi connectivity index (χ1v) is 11.1. The Bertz CT molecular complexity index is 1150. The van der Waals surface area contributed by atoms with Crippen molar-refractivity contribution in [2.24, 2.45) is 4.99 Å². The Labute approximate surface area is 197 Å². The predicted molar refractivity (Wildman–Crippen MR) is 126 cm³/mol. The predicted octanol–water partition coefficient (Wildman–Crippen LogP) is 5.54. The smallest absolute Gasteiger partial charge is 0.347 e. The van der Waals surface area contributed by atoms with Crippen LogP contribution >= 0.6 is 0 Å². The van der Waals surface area contributed by atoms with E-state index in [0.717, 1.165) is 11.1 Å². The molecule has 1 aromatic carbocycles. The summed E-state index contributed by atoms with van der Waals surface area (Å²) >= 11 is 0.